The van der Waals surface area contributed by atoms with E-state index in [0.717, 1.165) is 5.69 Å². The molecule has 2 heterocycles. The summed E-state index contributed by atoms with van der Waals surface area (Å²) in [6.07, 6.45) is 1.65. The van der Waals surface area contributed by atoms with Crippen molar-refractivity contribution in [1.29, 1.82) is 0 Å². The second-order valence-corrected chi connectivity index (χ2v) is 4.53. The Bertz CT molecular complexity index is 579. The van der Waals surface area contributed by atoms with Crippen LogP contribution in [0.4, 0.5) is 5.69 Å². The summed E-state index contributed by atoms with van der Waals surface area (Å²) >= 11 is 3.29. The van der Waals surface area contributed by atoms with Gasteiger partial charge in [-0.1, -0.05) is 0 Å². The summed E-state index contributed by atoms with van der Waals surface area (Å²) in [5.74, 6) is -0.189. The molecule has 0 bridgehead atoms. The molecule has 0 aliphatic heterocycles. The number of halogens is 1. The molecular formula is C12H13BrN4O. The number of pyridine rings is 1. The predicted molar refractivity (Wildman–Crippen MR) is 72.5 cm³/mol. The Morgan fingerprint density at radius 3 is 3.00 bits per heavy atom. The lowest BCUT2D eigenvalue weighted by molar-refractivity contribution is 0.101. The van der Waals surface area contributed by atoms with Crippen LogP contribution < -0.4 is 5.32 Å². The van der Waals surface area contributed by atoms with Crippen molar-refractivity contribution < 1.29 is 4.79 Å². The molecule has 0 saturated carbocycles. The minimum Gasteiger partial charge on any atom is -0.318 e. The third-order valence-corrected chi connectivity index (χ3v) is 3.07. The SMILES string of the molecule is CCn1nc(C)cc1C(=O)Nc1cccnc1Br. The molecule has 0 aliphatic rings. The van der Waals surface area contributed by atoms with E-state index in [1.807, 2.05) is 13.8 Å². The van der Waals surface area contributed by atoms with E-state index < -0.39 is 0 Å². The van der Waals surface area contributed by atoms with Gasteiger partial charge in [0, 0.05) is 12.7 Å². The fourth-order valence-corrected chi connectivity index (χ4v) is 1.98. The van der Waals surface area contributed by atoms with Crippen LogP contribution in [0.2, 0.25) is 0 Å². The van der Waals surface area contributed by atoms with Crippen LogP contribution in [0.5, 0.6) is 0 Å². The van der Waals surface area contributed by atoms with Crippen molar-refractivity contribution in [1.82, 2.24) is 14.8 Å². The number of aromatic nitrogens is 3. The summed E-state index contributed by atoms with van der Waals surface area (Å²) in [6, 6.07) is 5.32. The minimum absolute atomic E-state index is 0.189. The van der Waals surface area contributed by atoms with E-state index in [4.69, 9.17) is 0 Å². The molecule has 0 unspecified atom stereocenters. The summed E-state index contributed by atoms with van der Waals surface area (Å²) in [4.78, 5) is 16.2. The molecule has 0 fully saturated rings. The van der Waals surface area contributed by atoms with Gasteiger partial charge in [-0.2, -0.15) is 5.10 Å². The second-order valence-electron chi connectivity index (χ2n) is 3.78. The highest BCUT2D eigenvalue weighted by molar-refractivity contribution is 9.10. The maximum Gasteiger partial charge on any atom is 0.274 e. The maximum atomic E-state index is 12.1. The molecule has 1 N–H and O–H groups in total. The van der Waals surface area contributed by atoms with Crippen molar-refractivity contribution in [3.63, 3.8) is 0 Å². The average Bonchev–Trinajstić information content (AvgIpc) is 2.73. The summed E-state index contributed by atoms with van der Waals surface area (Å²) in [7, 11) is 0. The van der Waals surface area contributed by atoms with E-state index in [-0.39, 0.29) is 5.91 Å². The fraction of sp³-hybridized carbons (Fsp3) is 0.250. The van der Waals surface area contributed by atoms with E-state index in [1.165, 1.54) is 0 Å². The van der Waals surface area contributed by atoms with Gasteiger partial charge in [-0.15, -0.1) is 0 Å². The topological polar surface area (TPSA) is 59.8 Å². The number of hydrogen-bond acceptors (Lipinski definition) is 3. The Balaban J connectivity index is 2.25. The van der Waals surface area contributed by atoms with Crippen LogP contribution in [0, 0.1) is 6.92 Å². The van der Waals surface area contributed by atoms with Gasteiger partial charge in [0.1, 0.15) is 10.3 Å². The zero-order valence-electron chi connectivity index (χ0n) is 10.1. The molecule has 18 heavy (non-hydrogen) atoms. The molecule has 0 atom stereocenters. The lowest BCUT2D eigenvalue weighted by atomic mass is 10.3. The number of rotatable bonds is 3. The molecule has 2 aromatic heterocycles. The molecule has 2 aromatic rings. The highest BCUT2D eigenvalue weighted by Gasteiger charge is 2.14. The lowest BCUT2D eigenvalue weighted by Crippen LogP contribution is -2.17. The van der Waals surface area contributed by atoms with Gasteiger partial charge in [-0.05, 0) is 48.0 Å². The summed E-state index contributed by atoms with van der Waals surface area (Å²) in [5, 5.41) is 7.05. The fourth-order valence-electron chi connectivity index (χ4n) is 1.63. The molecule has 94 valence electrons. The van der Waals surface area contributed by atoms with Gasteiger partial charge < -0.3 is 5.32 Å². The molecular weight excluding hydrogens is 296 g/mol. The van der Waals surface area contributed by atoms with Gasteiger partial charge in [0.25, 0.3) is 5.91 Å². The van der Waals surface area contributed by atoms with Crippen LogP contribution >= 0.6 is 15.9 Å². The quantitative estimate of drug-likeness (QED) is 0.887. The highest BCUT2D eigenvalue weighted by Crippen LogP contribution is 2.19. The molecule has 0 aliphatic carbocycles. The second kappa shape index (κ2) is 5.30. The number of nitrogens with one attached hydrogen (secondary N) is 1. The zero-order valence-corrected chi connectivity index (χ0v) is 11.7. The molecule has 0 aromatic carbocycles. The largest absolute Gasteiger partial charge is 0.318 e. The molecule has 1 amide bonds. The number of nitrogens with zero attached hydrogens (tertiary/aromatic N) is 3. The van der Waals surface area contributed by atoms with Crippen molar-refractivity contribution in [2.24, 2.45) is 0 Å². The van der Waals surface area contributed by atoms with Crippen LogP contribution in [0.25, 0.3) is 0 Å². The first-order valence-electron chi connectivity index (χ1n) is 5.58. The molecule has 2 rings (SSSR count). The van der Waals surface area contributed by atoms with E-state index in [9.17, 15) is 4.79 Å². The predicted octanol–water partition coefficient (Wildman–Crippen LogP) is 2.62. The Kier molecular flexibility index (Phi) is 3.76. The number of amides is 1. The smallest absolute Gasteiger partial charge is 0.274 e. The van der Waals surface area contributed by atoms with Gasteiger partial charge >= 0.3 is 0 Å². The number of anilines is 1. The summed E-state index contributed by atoms with van der Waals surface area (Å²) < 4.78 is 2.28. The van der Waals surface area contributed by atoms with Gasteiger partial charge in [0.2, 0.25) is 0 Å². The Morgan fingerprint density at radius 2 is 2.33 bits per heavy atom. The third-order valence-electron chi connectivity index (χ3n) is 2.44. The lowest BCUT2D eigenvalue weighted by Gasteiger charge is -2.07. The normalized spacial score (nSPS) is 10.4. The standard InChI is InChI=1S/C12H13BrN4O/c1-3-17-10(7-8(2)16-17)12(18)15-9-5-4-6-14-11(9)13/h4-7H,3H2,1-2H3,(H,15,18). The van der Waals surface area contributed by atoms with E-state index >= 15 is 0 Å². The Labute approximate surface area is 113 Å². The average molecular weight is 309 g/mol. The van der Waals surface area contributed by atoms with Crippen molar-refractivity contribution >= 4 is 27.5 Å². The Morgan fingerprint density at radius 1 is 1.56 bits per heavy atom. The van der Waals surface area contributed by atoms with Crippen LogP contribution in [0.1, 0.15) is 23.1 Å². The first kappa shape index (κ1) is 12.8. The van der Waals surface area contributed by atoms with Gasteiger partial charge in [0.05, 0.1) is 11.4 Å². The number of aryl methyl sites for hydroxylation is 2. The minimum atomic E-state index is -0.189. The maximum absolute atomic E-state index is 12.1. The summed E-state index contributed by atoms with van der Waals surface area (Å²) in [6.45, 7) is 4.47. The number of carbonyl (C=O) groups excluding carboxylic acids is 1. The molecule has 6 heteroatoms. The highest BCUT2D eigenvalue weighted by atomic mass is 79.9. The van der Waals surface area contributed by atoms with Gasteiger partial charge in [-0.3, -0.25) is 9.48 Å². The van der Waals surface area contributed by atoms with Crippen molar-refractivity contribution in [2.75, 3.05) is 5.32 Å². The molecule has 0 saturated heterocycles. The first-order valence-corrected chi connectivity index (χ1v) is 6.37. The number of hydrogen-bond donors (Lipinski definition) is 1. The first-order chi connectivity index (χ1) is 8.61. The van der Waals surface area contributed by atoms with Gasteiger partial charge in [-0.25, -0.2) is 4.98 Å². The molecule has 0 radical (unpaired) electrons. The number of carbonyl (C=O) groups is 1. The van der Waals surface area contributed by atoms with Crippen molar-refractivity contribution in [3.8, 4) is 0 Å². The molecule has 0 spiro atoms. The van der Waals surface area contributed by atoms with Crippen molar-refractivity contribution in [3.05, 3.63) is 40.4 Å². The van der Waals surface area contributed by atoms with Crippen LogP contribution in [-0.4, -0.2) is 20.7 Å². The van der Waals surface area contributed by atoms with E-state index in [0.29, 0.717) is 22.5 Å². The van der Waals surface area contributed by atoms with E-state index in [1.54, 1.807) is 29.1 Å². The van der Waals surface area contributed by atoms with Crippen LogP contribution in [0.15, 0.2) is 29.0 Å². The van der Waals surface area contributed by atoms with Crippen molar-refractivity contribution in [2.45, 2.75) is 20.4 Å². The monoisotopic (exact) mass is 308 g/mol. The van der Waals surface area contributed by atoms with Crippen LogP contribution in [0.3, 0.4) is 0 Å². The zero-order chi connectivity index (χ0) is 13.1. The van der Waals surface area contributed by atoms with Gasteiger partial charge in [0.15, 0.2) is 0 Å². The third kappa shape index (κ3) is 2.59. The Hall–Kier alpha value is -1.69. The van der Waals surface area contributed by atoms with E-state index in [2.05, 4.69) is 31.3 Å². The molecule has 5 nitrogen and oxygen atoms in total. The summed E-state index contributed by atoms with van der Waals surface area (Å²) in [5.41, 5.74) is 2.02. The van der Waals surface area contributed by atoms with Crippen LogP contribution in [-0.2, 0) is 6.54 Å².